The third-order valence-corrected chi connectivity index (χ3v) is 3.00. The highest BCUT2D eigenvalue weighted by Gasteiger charge is 2.08. The number of benzene rings is 1. The van der Waals surface area contributed by atoms with E-state index in [1.54, 1.807) is 5.38 Å². The van der Waals surface area contributed by atoms with Crippen LogP contribution in [0.4, 0.5) is 16.5 Å². The number of aromatic nitrogens is 1. The Kier molecular flexibility index (Phi) is 3.71. The number of carbonyl (C=O) groups excluding carboxylic acids is 1. The Morgan fingerprint density at radius 1 is 1.42 bits per heavy atom. The maximum absolute atomic E-state index is 11.7. The van der Waals surface area contributed by atoms with Crippen LogP contribution in [0.2, 0.25) is 0 Å². The molecule has 0 saturated carbocycles. The average Bonchev–Trinajstić information content (AvgIpc) is 2.75. The number of rotatable bonds is 4. The minimum Gasteiger partial charge on any atom is -0.375 e. The summed E-state index contributed by atoms with van der Waals surface area (Å²) in [7, 11) is 0. The van der Waals surface area contributed by atoms with E-state index in [0.29, 0.717) is 16.5 Å². The summed E-state index contributed by atoms with van der Waals surface area (Å²) in [6, 6.07) is 5.61. The summed E-state index contributed by atoms with van der Waals surface area (Å²) >= 11 is 1.27. The predicted octanol–water partition coefficient (Wildman–Crippen LogP) is 1.81. The van der Waals surface area contributed by atoms with E-state index < -0.39 is 4.92 Å². The summed E-state index contributed by atoms with van der Waals surface area (Å²) in [6.45, 7) is 0. The topological polar surface area (TPSA) is 111 Å². The lowest BCUT2D eigenvalue weighted by Crippen LogP contribution is -2.14. The van der Waals surface area contributed by atoms with Gasteiger partial charge in [0.2, 0.25) is 5.91 Å². The molecule has 0 saturated heterocycles. The molecule has 0 spiro atoms. The zero-order chi connectivity index (χ0) is 13.8. The molecule has 2 aromatic rings. The van der Waals surface area contributed by atoms with Gasteiger partial charge in [-0.1, -0.05) is 0 Å². The van der Waals surface area contributed by atoms with Crippen LogP contribution in [-0.4, -0.2) is 15.8 Å². The molecule has 1 aromatic heterocycles. The summed E-state index contributed by atoms with van der Waals surface area (Å²) in [5, 5.41) is 15.2. The molecule has 0 aliphatic heterocycles. The van der Waals surface area contributed by atoms with Gasteiger partial charge >= 0.3 is 0 Å². The Bertz CT molecular complexity index is 609. The Morgan fingerprint density at radius 2 is 2.11 bits per heavy atom. The van der Waals surface area contributed by atoms with Crippen molar-refractivity contribution in [3.05, 3.63) is 45.5 Å². The lowest BCUT2D eigenvalue weighted by molar-refractivity contribution is -0.384. The monoisotopic (exact) mass is 278 g/mol. The van der Waals surface area contributed by atoms with E-state index in [0.717, 1.165) is 0 Å². The number of nitro groups is 1. The number of hydrogen-bond acceptors (Lipinski definition) is 6. The maximum atomic E-state index is 11.7. The molecule has 1 heterocycles. The lowest BCUT2D eigenvalue weighted by atomic mass is 10.2. The highest BCUT2D eigenvalue weighted by molar-refractivity contribution is 7.13. The Balaban J connectivity index is 1.97. The molecular formula is C11H10N4O3S. The molecule has 1 amide bonds. The average molecular weight is 278 g/mol. The van der Waals surface area contributed by atoms with Crippen LogP contribution in [0, 0.1) is 10.1 Å². The van der Waals surface area contributed by atoms with Crippen LogP contribution in [0.15, 0.2) is 29.6 Å². The van der Waals surface area contributed by atoms with Gasteiger partial charge in [0.1, 0.15) is 0 Å². The van der Waals surface area contributed by atoms with Gasteiger partial charge in [0.15, 0.2) is 5.13 Å². The fraction of sp³-hybridized carbons (Fsp3) is 0.0909. The van der Waals surface area contributed by atoms with Crippen LogP contribution >= 0.6 is 11.3 Å². The lowest BCUT2D eigenvalue weighted by Gasteiger charge is -2.03. The van der Waals surface area contributed by atoms with Gasteiger partial charge in [0, 0.05) is 23.2 Å². The second-order valence-corrected chi connectivity index (χ2v) is 4.60. The first-order valence-corrected chi connectivity index (χ1v) is 6.17. The number of amides is 1. The van der Waals surface area contributed by atoms with Gasteiger partial charge in [-0.3, -0.25) is 14.9 Å². The fourth-order valence-corrected chi connectivity index (χ4v) is 2.00. The SMILES string of the molecule is Nc1nc(CC(=O)Nc2ccc([N+](=O)[O-])cc2)cs1. The van der Waals surface area contributed by atoms with Gasteiger partial charge in [-0.05, 0) is 12.1 Å². The highest BCUT2D eigenvalue weighted by Crippen LogP contribution is 2.16. The van der Waals surface area contributed by atoms with Gasteiger partial charge in [-0.25, -0.2) is 4.98 Å². The van der Waals surface area contributed by atoms with Crippen molar-refractivity contribution in [3.8, 4) is 0 Å². The second kappa shape index (κ2) is 5.44. The molecule has 0 unspecified atom stereocenters. The molecule has 1 aromatic carbocycles. The maximum Gasteiger partial charge on any atom is 0.269 e. The number of anilines is 2. The zero-order valence-electron chi connectivity index (χ0n) is 9.70. The molecule has 7 nitrogen and oxygen atoms in total. The fourth-order valence-electron chi connectivity index (χ4n) is 1.44. The summed E-state index contributed by atoms with van der Waals surface area (Å²) in [5.41, 5.74) is 6.54. The summed E-state index contributed by atoms with van der Waals surface area (Å²) in [5.74, 6) is -0.251. The van der Waals surface area contributed by atoms with Crippen molar-refractivity contribution < 1.29 is 9.72 Å². The second-order valence-electron chi connectivity index (χ2n) is 3.71. The Hall–Kier alpha value is -2.48. The van der Waals surface area contributed by atoms with Gasteiger partial charge in [-0.15, -0.1) is 11.3 Å². The van der Waals surface area contributed by atoms with Crippen LogP contribution < -0.4 is 11.1 Å². The normalized spacial score (nSPS) is 10.1. The number of hydrogen-bond donors (Lipinski definition) is 2. The third-order valence-electron chi connectivity index (χ3n) is 2.27. The highest BCUT2D eigenvalue weighted by atomic mass is 32.1. The van der Waals surface area contributed by atoms with Crippen molar-refractivity contribution in [2.45, 2.75) is 6.42 Å². The molecule has 0 atom stereocenters. The third kappa shape index (κ3) is 3.49. The van der Waals surface area contributed by atoms with Crippen molar-refractivity contribution in [3.63, 3.8) is 0 Å². The van der Waals surface area contributed by atoms with E-state index >= 15 is 0 Å². The largest absolute Gasteiger partial charge is 0.375 e. The Morgan fingerprint density at radius 3 is 2.63 bits per heavy atom. The molecule has 98 valence electrons. The molecule has 0 aliphatic carbocycles. The Labute approximate surface area is 112 Å². The number of non-ortho nitro benzene ring substituents is 1. The first-order chi connectivity index (χ1) is 9.04. The molecule has 0 aliphatic rings. The summed E-state index contributed by atoms with van der Waals surface area (Å²) < 4.78 is 0. The molecular weight excluding hydrogens is 268 g/mol. The van der Waals surface area contributed by atoms with Crippen LogP contribution in [0.25, 0.3) is 0 Å². The molecule has 19 heavy (non-hydrogen) atoms. The molecule has 0 bridgehead atoms. The van der Waals surface area contributed by atoms with E-state index in [1.165, 1.54) is 35.6 Å². The van der Waals surface area contributed by atoms with Crippen molar-refractivity contribution >= 4 is 33.8 Å². The van der Waals surface area contributed by atoms with Crippen LogP contribution in [0.5, 0.6) is 0 Å². The van der Waals surface area contributed by atoms with Crippen molar-refractivity contribution in [2.24, 2.45) is 0 Å². The van der Waals surface area contributed by atoms with Crippen LogP contribution in [0.3, 0.4) is 0 Å². The number of nitrogen functional groups attached to an aromatic ring is 1. The van der Waals surface area contributed by atoms with Crippen LogP contribution in [0.1, 0.15) is 5.69 Å². The predicted molar refractivity (Wildman–Crippen MR) is 72.0 cm³/mol. The minimum atomic E-state index is -0.496. The van der Waals surface area contributed by atoms with Crippen molar-refractivity contribution in [2.75, 3.05) is 11.1 Å². The summed E-state index contributed by atoms with van der Waals surface area (Å²) in [6.07, 6.45) is 0.116. The number of nitro benzene ring substituents is 1. The van der Waals surface area contributed by atoms with Gasteiger partial charge in [-0.2, -0.15) is 0 Å². The number of nitrogens with one attached hydrogen (secondary N) is 1. The van der Waals surface area contributed by atoms with Crippen molar-refractivity contribution in [1.29, 1.82) is 0 Å². The standard InChI is InChI=1S/C11H10N4O3S/c12-11-14-8(6-19-11)5-10(16)13-7-1-3-9(4-2-7)15(17)18/h1-4,6H,5H2,(H2,12,14)(H,13,16). The first-order valence-electron chi connectivity index (χ1n) is 5.29. The van der Waals surface area contributed by atoms with E-state index in [-0.39, 0.29) is 18.0 Å². The van der Waals surface area contributed by atoms with Gasteiger partial charge in [0.25, 0.3) is 5.69 Å². The first kappa shape index (κ1) is 13.0. The summed E-state index contributed by atoms with van der Waals surface area (Å²) in [4.78, 5) is 25.6. The molecule has 8 heteroatoms. The minimum absolute atomic E-state index is 0.0229. The number of thiazole rings is 1. The van der Waals surface area contributed by atoms with E-state index in [1.807, 2.05) is 0 Å². The van der Waals surface area contributed by atoms with Gasteiger partial charge in [0.05, 0.1) is 17.0 Å². The number of carbonyl (C=O) groups is 1. The van der Waals surface area contributed by atoms with E-state index in [2.05, 4.69) is 10.3 Å². The van der Waals surface area contributed by atoms with Gasteiger partial charge < -0.3 is 11.1 Å². The number of nitrogens with zero attached hydrogens (tertiary/aromatic N) is 2. The zero-order valence-corrected chi connectivity index (χ0v) is 10.5. The van der Waals surface area contributed by atoms with Crippen molar-refractivity contribution in [1.82, 2.24) is 4.98 Å². The quantitative estimate of drug-likeness (QED) is 0.654. The number of nitrogens with two attached hydrogens (primary N) is 1. The molecule has 0 radical (unpaired) electrons. The van der Waals surface area contributed by atoms with Crippen LogP contribution in [-0.2, 0) is 11.2 Å². The van der Waals surface area contributed by atoms with E-state index in [4.69, 9.17) is 5.73 Å². The molecule has 2 rings (SSSR count). The smallest absolute Gasteiger partial charge is 0.269 e. The molecule has 0 fully saturated rings. The van der Waals surface area contributed by atoms with E-state index in [9.17, 15) is 14.9 Å². The molecule has 3 N–H and O–H groups in total.